The molecule has 2 fully saturated rings. The third-order valence-corrected chi connectivity index (χ3v) is 6.84. The molecule has 0 unspecified atom stereocenters. The van der Waals surface area contributed by atoms with Gasteiger partial charge in [0.15, 0.2) is 0 Å². The van der Waals surface area contributed by atoms with E-state index >= 15 is 0 Å². The van der Waals surface area contributed by atoms with Crippen LogP contribution in [0.1, 0.15) is 24.0 Å². The summed E-state index contributed by atoms with van der Waals surface area (Å²) in [4.78, 5) is 5.21. The van der Waals surface area contributed by atoms with Gasteiger partial charge in [0.05, 0.1) is 0 Å². The van der Waals surface area contributed by atoms with Crippen LogP contribution in [0.4, 0.5) is 0 Å². The predicted molar refractivity (Wildman–Crippen MR) is 99.5 cm³/mol. The topological polar surface area (TPSA) is 46.9 Å². The molecule has 0 aromatic heterocycles. The van der Waals surface area contributed by atoms with Gasteiger partial charge in [-0.1, -0.05) is 24.3 Å². The van der Waals surface area contributed by atoms with Gasteiger partial charge >= 0.3 is 0 Å². The zero-order chi connectivity index (χ0) is 17.2. The van der Waals surface area contributed by atoms with Crippen LogP contribution in [0.5, 0.6) is 0 Å². The van der Waals surface area contributed by atoms with Crippen LogP contribution in [0.2, 0.25) is 0 Å². The molecule has 3 aliphatic rings. The van der Waals surface area contributed by atoms with Crippen molar-refractivity contribution >= 4 is 0 Å². The maximum atomic E-state index is 9.90. The number of piperidine rings is 1. The maximum absolute atomic E-state index is 9.90. The molecule has 138 valence electrons. The van der Waals surface area contributed by atoms with Gasteiger partial charge in [-0.2, -0.15) is 0 Å². The summed E-state index contributed by atoms with van der Waals surface area (Å²) in [5.74, 6) is 1.50. The Morgan fingerprint density at radius 3 is 2.12 bits per heavy atom. The second-order valence-corrected chi connectivity index (χ2v) is 8.41. The van der Waals surface area contributed by atoms with E-state index in [2.05, 4.69) is 34.1 Å². The van der Waals surface area contributed by atoms with E-state index in [4.69, 9.17) is 0 Å². The van der Waals surface area contributed by atoms with Crippen LogP contribution in [0.3, 0.4) is 0 Å². The summed E-state index contributed by atoms with van der Waals surface area (Å²) in [6.45, 7) is 6.15. The number of aliphatic hydroxyl groups is 2. The van der Waals surface area contributed by atoms with Gasteiger partial charge in [-0.3, -0.25) is 4.90 Å². The molecule has 4 nitrogen and oxygen atoms in total. The minimum Gasteiger partial charge on any atom is -0.396 e. The smallest absolute Gasteiger partial charge is 0.0475 e. The van der Waals surface area contributed by atoms with E-state index in [1.165, 1.54) is 24.0 Å². The third-order valence-electron chi connectivity index (χ3n) is 6.84. The molecule has 2 aliphatic heterocycles. The number of likely N-dealkylation sites (tertiary alicyclic amines) is 2. The minimum absolute atomic E-state index is 0.313. The summed E-state index contributed by atoms with van der Waals surface area (Å²) in [7, 11) is 0. The first-order valence-electron chi connectivity index (χ1n) is 10.0. The van der Waals surface area contributed by atoms with Crippen molar-refractivity contribution in [1.82, 2.24) is 9.80 Å². The van der Waals surface area contributed by atoms with Gasteiger partial charge in [-0.25, -0.2) is 0 Å². The first kappa shape index (κ1) is 17.5. The molecule has 25 heavy (non-hydrogen) atoms. The first-order chi connectivity index (χ1) is 12.3. The fourth-order valence-corrected chi connectivity index (χ4v) is 5.16. The molecule has 0 amide bonds. The standard InChI is InChI=1S/C21H32N2O2/c24-14-16-5-7-22(8-6-16)11-19-12-23(13-20(19)15-25)21-9-17-3-1-2-4-18(17)10-21/h1-4,16,19-21,24-25H,5-15H2/t19-,20-/m0/s1. The SMILES string of the molecule is OCC1CCN(C[C@H]2CN(C3Cc4ccccc4C3)C[C@H]2CO)CC1. The van der Waals surface area contributed by atoms with Crippen LogP contribution in [0.25, 0.3) is 0 Å². The third kappa shape index (κ3) is 3.77. The van der Waals surface area contributed by atoms with E-state index in [-0.39, 0.29) is 0 Å². The predicted octanol–water partition coefficient (Wildman–Crippen LogP) is 1.40. The summed E-state index contributed by atoms with van der Waals surface area (Å²) in [5, 5.41) is 19.2. The Hall–Kier alpha value is -0.940. The van der Waals surface area contributed by atoms with Crippen LogP contribution >= 0.6 is 0 Å². The highest BCUT2D eigenvalue weighted by Gasteiger charge is 2.38. The van der Waals surface area contributed by atoms with Crippen molar-refractivity contribution in [3.05, 3.63) is 35.4 Å². The molecule has 1 aliphatic carbocycles. The van der Waals surface area contributed by atoms with Crippen molar-refractivity contribution in [2.45, 2.75) is 31.7 Å². The summed E-state index contributed by atoms with van der Waals surface area (Å²) >= 11 is 0. The summed E-state index contributed by atoms with van der Waals surface area (Å²) in [5.41, 5.74) is 3.03. The lowest BCUT2D eigenvalue weighted by molar-refractivity contribution is 0.106. The van der Waals surface area contributed by atoms with Gasteiger partial charge in [-0.15, -0.1) is 0 Å². The van der Waals surface area contributed by atoms with Gasteiger partial charge in [-0.05, 0) is 67.7 Å². The second-order valence-electron chi connectivity index (χ2n) is 8.41. The van der Waals surface area contributed by atoms with Crippen molar-refractivity contribution in [3.63, 3.8) is 0 Å². The number of aliphatic hydroxyl groups excluding tert-OH is 2. The van der Waals surface area contributed by atoms with Crippen LogP contribution in [0.15, 0.2) is 24.3 Å². The zero-order valence-electron chi connectivity index (χ0n) is 15.2. The summed E-state index contributed by atoms with van der Waals surface area (Å²) < 4.78 is 0. The Bertz CT molecular complexity index is 546. The molecule has 4 rings (SSSR count). The molecule has 1 aromatic carbocycles. The molecule has 2 saturated heterocycles. The number of hydrogen-bond donors (Lipinski definition) is 2. The monoisotopic (exact) mass is 344 g/mol. The number of hydrogen-bond acceptors (Lipinski definition) is 4. The highest BCUT2D eigenvalue weighted by molar-refractivity contribution is 5.33. The first-order valence-corrected chi connectivity index (χ1v) is 10.0. The van der Waals surface area contributed by atoms with Crippen LogP contribution in [0, 0.1) is 17.8 Å². The Morgan fingerprint density at radius 2 is 1.52 bits per heavy atom. The highest BCUT2D eigenvalue weighted by Crippen LogP contribution is 2.32. The normalized spacial score (nSPS) is 29.4. The van der Waals surface area contributed by atoms with Gasteiger partial charge < -0.3 is 15.1 Å². The fraction of sp³-hybridized carbons (Fsp3) is 0.714. The van der Waals surface area contributed by atoms with Crippen molar-refractivity contribution < 1.29 is 10.2 Å². The average Bonchev–Trinajstić information content (AvgIpc) is 3.26. The second kappa shape index (κ2) is 7.75. The highest BCUT2D eigenvalue weighted by atomic mass is 16.3. The molecule has 0 spiro atoms. The van der Waals surface area contributed by atoms with Gasteiger partial charge in [0.2, 0.25) is 0 Å². The van der Waals surface area contributed by atoms with Crippen molar-refractivity contribution in [3.8, 4) is 0 Å². The Balaban J connectivity index is 1.33. The van der Waals surface area contributed by atoms with Crippen LogP contribution in [-0.4, -0.2) is 72.0 Å². The molecule has 0 radical (unpaired) electrons. The lowest BCUT2D eigenvalue weighted by Crippen LogP contribution is -2.40. The van der Waals surface area contributed by atoms with E-state index in [9.17, 15) is 10.2 Å². The molecular formula is C21H32N2O2. The number of fused-ring (bicyclic) bond motifs is 1. The largest absolute Gasteiger partial charge is 0.396 e. The van der Waals surface area contributed by atoms with E-state index in [1.54, 1.807) is 0 Å². The van der Waals surface area contributed by atoms with Crippen molar-refractivity contribution in [1.29, 1.82) is 0 Å². The lowest BCUT2D eigenvalue weighted by atomic mass is 9.93. The Kier molecular flexibility index (Phi) is 5.41. The molecule has 2 N–H and O–H groups in total. The van der Waals surface area contributed by atoms with Crippen molar-refractivity contribution in [2.24, 2.45) is 17.8 Å². The molecule has 0 saturated carbocycles. The molecule has 0 bridgehead atoms. The molecule has 2 heterocycles. The zero-order valence-corrected chi connectivity index (χ0v) is 15.2. The van der Waals surface area contributed by atoms with E-state index in [0.29, 0.717) is 37.0 Å². The van der Waals surface area contributed by atoms with Gasteiger partial charge in [0.1, 0.15) is 0 Å². The molecular weight excluding hydrogens is 312 g/mol. The van der Waals surface area contributed by atoms with Crippen molar-refractivity contribution in [2.75, 3.05) is 45.9 Å². The summed E-state index contributed by atoms with van der Waals surface area (Å²) in [6, 6.07) is 9.48. The number of nitrogens with zero attached hydrogens (tertiary/aromatic N) is 2. The van der Waals surface area contributed by atoms with Crippen LogP contribution in [-0.2, 0) is 12.8 Å². The maximum Gasteiger partial charge on any atom is 0.0475 e. The Morgan fingerprint density at radius 1 is 0.880 bits per heavy atom. The van der Waals surface area contributed by atoms with Crippen LogP contribution < -0.4 is 0 Å². The Labute approximate surface area is 151 Å². The van der Waals surface area contributed by atoms with E-state index in [1.807, 2.05) is 0 Å². The fourth-order valence-electron chi connectivity index (χ4n) is 5.16. The number of rotatable bonds is 5. The van der Waals surface area contributed by atoms with E-state index < -0.39 is 0 Å². The average molecular weight is 344 g/mol. The number of benzene rings is 1. The summed E-state index contributed by atoms with van der Waals surface area (Å²) in [6.07, 6.45) is 4.58. The molecule has 1 aromatic rings. The minimum atomic E-state index is 0.313. The lowest BCUT2D eigenvalue weighted by Gasteiger charge is -2.34. The molecule has 4 heteroatoms. The van der Waals surface area contributed by atoms with Gasteiger partial charge in [0.25, 0.3) is 0 Å². The quantitative estimate of drug-likeness (QED) is 0.848. The molecule has 2 atom stereocenters. The van der Waals surface area contributed by atoms with Gasteiger partial charge in [0, 0.05) is 38.9 Å². The van der Waals surface area contributed by atoms with E-state index in [0.717, 1.165) is 45.6 Å².